The van der Waals surface area contributed by atoms with Gasteiger partial charge in [0.05, 0.1) is 28.6 Å². The van der Waals surface area contributed by atoms with Crippen molar-refractivity contribution in [1.82, 2.24) is 9.97 Å². The number of hydrogen-bond donors (Lipinski definition) is 2. The molecule has 1 aromatic heterocycles. The molecule has 3 atom stereocenters. The molecule has 2 aliphatic heterocycles. The van der Waals surface area contributed by atoms with Crippen molar-refractivity contribution < 1.29 is 9.32 Å². The minimum atomic E-state index is -1.10. The fourth-order valence-corrected chi connectivity index (χ4v) is 7.91. The molecule has 1 aromatic carbocycles. The molecule has 3 heterocycles. The lowest BCUT2D eigenvalue weighted by atomic mass is 9.77. The van der Waals surface area contributed by atoms with Gasteiger partial charge in [0.1, 0.15) is 10.7 Å². The second-order valence-corrected chi connectivity index (χ2v) is 12.7. The SMILES string of the molecule is O=S1CCCCc2nc(N3CC4CC(c5ccc(Cl)cc5)CC4C3)nc(NC3(CO)CCC3)c21. The standard InChI is InChI=1S/C26H33ClN4O2S/c27-21-7-5-17(6-8-21)18-12-19-14-31(15-20(19)13-18)25-28-22-4-1-2-11-34(33)23(22)24(29-25)30-26(16-32)9-3-10-26/h5-8,18-20,32H,1-4,9-16H2,(H,28,29,30). The van der Waals surface area contributed by atoms with Crippen LogP contribution in [-0.4, -0.2) is 50.3 Å². The first-order chi connectivity index (χ1) is 16.5. The quantitative estimate of drug-likeness (QED) is 0.628. The minimum absolute atomic E-state index is 0.0771. The van der Waals surface area contributed by atoms with Crippen LogP contribution in [0.3, 0.4) is 0 Å². The van der Waals surface area contributed by atoms with E-state index in [-0.39, 0.29) is 12.1 Å². The van der Waals surface area contributed by atoms with Crippen molar-refractivity contribution in [1.29, 1.82) is 0 Å². The fourth-order valence-electron chi connectivity index (χ4n) is 6.39. The molecule has 2 N–H and O–H groups in total. The predicted octanol–water partition coefficient (Wildman–Crippen LogP) is 4.53. The first-order valence-electron chi connectivity index (χ1n) is 12.7. The van der Waals surface area contributed by atoms with Crippen molar-refractivity contribution >= 4 is 34.2 Å². The Morgan fingerprint density at radius 3 is 2.47 bits per heavy atom. The number of hydrogen-bond acceptors (Lipinski definition) is 6. The zero-order chi connectivity index (χ0) is 23.3. The smallest absolute Gasteiger partial charge is 0.227 e. The van der Waals surface area contributed by atoms with E-state index in [4.69, 9.17) is 21.6 Å². The molecule has 2 aliphatic carbocycles. The molecular formula is C26H33ClN4O2S. The third kappa shape index (κ3) is 4.14. The summed E-state index contributed by atoms with van der Waals surface area (Å²) < 4.78 is 13.1. The summed E-state index contributed by atoms with van der Waals surface area (Å²) in [6, 6.07) is 8.36. The van der Waals surface area contributed by atoms with E-state index in [2.05, 4.69) is 22.3 Å². The summed E-state index contributed by atoms with van der Waals surface area (Å²) in [5.41, 5.74) is 2.01. The summed E-state index contributed by atoms with van der Waals surface area (Å²) in [6.45, 7) is 2.02. The summed E-state index contributed by atoms with van der Waals surface area (Å²) in [7, 11) is -1.10. The predicted molar refractivity (Wildman–Crippen MR) is 136 cm³/mol. The normalized spacial score (nSPS) is 29.8. The lowest BCUT2D eigenvalue weighted by Crippen LogP contribution is -2.49. The van der Waals surface area contributed by atoms with Gasteiger partial charge in [-0.25, -0.2) is 4.98 Å². The number of benzene rings is 1. The molecule has 0 radical (unpaired) electrons. The van der Waals surface area contributed by atoms with Crippen LogP contribution < -0.4 is 10.2 Å². The first kappa shape index (κ1) is 22.7. The lowest BCUT2D eigenvalue weighted by molar-refractivity contribution is 0.143. The minimum Gasteiger partial charge on any atom is -0.394 e. The van der Waals surface area contributed by atoms with E-state index in [9.17, 15) is 9.32 Å². The van der Waals surface area contributed by atoms with E-state index in [1.807, 2.05) is 12.1 Å². The molecule has 6 rings (SSSR count). The number of rotatable bonds is 5. The van der Waals surface area contributed by atoms with Crippen molar-refractivity contribution in [3.05, 3.63) is 40.5 Å². The van der Waals surface area contributed by atoms with Crippen molar-refractivity contribution in [2.24, 2.45) is 11.8 Å². The van der Waals surface area contributed by atoms with Gasteiger partial charge < -0.3 is 15.3 Å². The number of halogens is 1. The van der Waals surface area contributed by atoms with Crippen molar-refractivity contribution in [3.8, 4) is 0 Å². The van der Waals surface area contributed by atoms with Crippen LogP contribution in [0.1, 0.15) is 62.1 Å². The van der Waals surface area contributed by atoms with Gasteiger partial charge >= 0.3 is 0 Å². The molecule has 2 aromatic rings. The maximum absolute atomic E-state index is 13.1. The number of fused-ring (bicyclic) bond motifs is 2. The average molecular weight is 501 g/mol. The Labute approximate surface area is 209 Å². The zero-order valence-electron chi connectivity index (χ0n) is 19.5. The molecule has 0 bridgehead atoms. The average Bonchev–Trinajstić information content (AvgIpc) is 3.33. The molecule has 3 unspecified atom stereocenters. The number of aliphatic hydroxyl groups excluding tert-OH is 1. The molecule has 182 valence electrons. The highest BCUT2D eigenvalue weighted by Gasteiger charge is 2.43. The molecule has 3 fully saturated rings. The van der Waals surface area contributed by atoms with Gasteiger partial charge in [-0.15, -0.1) is 0 Å². The number of nitrogens with zero attached hydrogens (tertiary/aromatic N) is 3. The van der Waals surface area contributed by atoms with Crippen LogP contribution in [0.5, 0.6) is 0 Å². The van der Waals surface area contributed by atoms with Gasteiger partial charge in [-0.1, -0.05) is 23.7 Å². The number of nitrogens with one attached hydrogen (secondary N) is 1. The highest BCUT2D eigenvalue weighted by Crippen LogP contribution is 2.47. The molecule has 8 heteroatoms. The van der Waals surface area contributed by atoms with E-state index in [1.54, 1.807) is 0 Å². The Hall–Kier alpha value is -1.70. The summed E-state index contributed by atoms with van der Waals surface area (Å²) >= 11 is 6.09. The van der Waals surface area contributed by atoms with Gasteiger partial charge in [-0.05, 0) is 86.8 Å². The van der Waals surface area contributed by atoms with E-state index >= 15 is 0 Å². The monoisotopic (exact) mass is 500 g/mol. The van der Waals surface area contributed by atoms with E-state index in [0.717, 1.165) is 73.2 Å². The molecule has 34 heavy (non-hydrogen) atoms. The van der Waals surface area contributed by atoms with Gasteiger partial charge in [0.15, 0.2) is 0 Å². The first-order valence-corrected chi connectivity index (χ1v) is 14.4. The van der Waals surface area contributed by atoms with E-state index < -0.39 is 10.8 Å². The Balaban J connectivity index is 1.25. The molecule has 6 nitrogen and oxygen atoms in total. The number of anilines is 2. The van der Waals surface area contributed by atoms with E-state index in [0.29, 0.717) is 29.3 Å². The van der Waals surface area contributed by atoms with Gasteiger partial charge in [0.2, 0.25) is 5.95 Å². The molecular weight excluding hydrogens is 468 g/mol. The van der Waals surface area contributed by atoms with Gasteiger partial charge in [-0.2, -0.15) is 4.98 Å². The highest BCUT2D eigenvalue weighted by atomic mass is 35.5. The van der Waals surface area contributed by atoms with Gasteiger partial charge in [0.25, 0.3) is 0 Å². The third-order valence-corrected chi connectivity index (χ3v) is 10.3. The largest absolute Gasteiger partial charge is 0.394 e. The fraction of sp³-hybridized carbons (Fsp3) is 0.615. The maximum Gasteiger partial charge on any atom is 0.227 e. The van der Waals surface area contributed by atoms with Crippen LogP contribution in [0.15, 0.2) is 29.2 Å². The zero-order valence-corrected chi connectivity index (χ0v) is 21.1. The highest BCUT2D eigenvalue weighted by molar-refractivity contribution is 7.85. The summed E-state index contributed by atoms with van der Waals surface area (Å²) in [5, 5.41) is 14.4. The van der Waals surface area contributed by atoms with Crippen molar-refractivity contribution in [3.63, 3.8) is 0 Å². The molecule has 4 aliphatic rings. The molecule has 0 amide bonds. The van der Waals surface area contributed by atoms with Crippen LogP contribution in [0.2, 0.25) is 5.02 Å². The Morgan fingerprint density at radius 1 is 1.09 bits per heavy atom. The number of aliphatic hydroxyl groups is 1. The van der Waals surface area contributed by atoms with Crippen LogP contribution in [0, 0.1) is 11.8 Å². The second-order valence-electron chi connectivity index (χ2n) is 10.7. The Morgan fingerprint density at radius 2 is 1.82 bits per heavy atom. The summed E-state index contributed by atoms with van der Waals surface area (Å²) in [4.78, 5) is 13.1. The molecule has 0 spiro atoms. The summed E-state index contributed by atoms with van der Waals surface area (Å²) in [6.07, 6.45) is 8.12. The van der Waals surface area contributed by atoms with Gasteiger partial charge in [0, 0.05) is 23.9 Å². The number of aromatic nitrogens is 2. The second kappa shape index (κ2) is 9.07. The van der Waals surface area contributed by atoms with Crippen LogP contribution >= 0.6 is 11.6 Å². The van der Waals surface area contributed by atoms with E-state index in [1.165, 1.54) is 18.4 Å². The van der Waals surface area contributed by atoms with Crippen molar-refractivity contribution in [2.75, 3.05) is 35.7 Å². The molecule has 2 saturated carbocycles. The maximum atomic E-state index is 13.1. The Bertz CT molecular complexity index is 1070. The molecule has 1 saturated heterocycles. The van der Waals surface area contributed by atoms with Crippen LogP contribution in [0.4, 0.5) is 11.8 Å². The van der Waals surface area contributed by atoms with Gasteiger partial charge in [-0.3, -0.25) is 4.21 Å². The Kier molecular flexibility index (Phi) is 6.06. The third-order valence-electron chi connectivity index (χ3n) is 8.52. The van der Waals surface area contributed by atoms with Crippen LogP contribution in [-0.2, 0) is 17.2 Å². The lowest BCUT2D eigenvalue weighted by Gasteiger charge is -2.42. The van der Waals surface area contributed by atoms with Crippen LogP contribution in [0.25, 0.3) is 0 Å². The van der Waals surface area contributed by atoms with Crippen molar-refractivity contribution in [2.45, 2.75) is 67.7 Å². The number of aryl methyl sites for hydroxylation is 1. The summed E-state index contributed by atoms with van der Waals surface area (Å²) in [5.74, 6) is 4.02. The topological polar surface area (TPSA) is 78.4 Å².